The Bertz CT molecular complexity index is 885. The van der Waals surface area contributed by atoms with Crippen molar-refractivity contribution in [3.63, 3.8) is 0 Å². The highest BCUT2D eigenvalue weighted by Gasteiger charge is 2.62. The number of fused-ring (bicyclic) bond motifs is 4. The van der Waals surface area contributed by atoms with Crippen LogP contribution in [0.4, 0.5) is 8.78 Å². The van der Waals surface area contributed by atoms with E-state index in [2.05, 4.69) is 5.32 Å². The lowest BCUT2D eigenvalue weighted by Crippen LogP contribution is -2.34. The molecule has 1 fully saturated rings. The summed E-state index contributed by atoms with van der Waals surface area (Å²) in [5.74, 6) is -1.03. The number of hydrogen-bond acceptors (Lipinski definition) is 3. The van der Waals surface area contributed by atoms with Gasteiger partial charge in [-0.1, -0.05) is 18.2 Å². The number of amides is 1. The third-order valence-corrected chi connectivity index (χ3v) is 5.21. The molecular weight excluding hydrogens is 328 g/mol. The Morgan fingerprint density at radius 1 is 1.08 bits per heavy atom. The molecule has 0 radical (unpaired) electrons. The number of nitrogens with one attached hydrogen (secondary N) is 1. The fourth-order valence-corrected chi connectivity index (χ4v) is 3.92. The summed E-state index contributed by atoms with van der Waals surface area (Å²) in [7, 11) is 0. The van der Waals surface area contributed by atoms with Gasteiger partial charge < -0.3 is 14.8 Å². The number of hydrogen-bond donors (Lipinski definition) is 1. The molecule has 1 N–H and O–H groups in total. The van der Waals surface area contributed by atoms with Crippen LogP contribution in [0.1, 0.15) is 29.5 Å². The molecule has 0 spiro atoms. The van der Waals surface area contributed by atoms with Gasteiger partial charge in [0.1, 0.15) is 17.6 Å². The van der Waals surface area contributed by atoms with Crippen molar-refractivity contribution in [2.75, 3.05) is 6.61 Å². The molecule has 3 aliphatic rings. The summed E-state index contributed by atoms with van der Waals surface area (Å²) in [6.45, 7) is 0.347. The van der Waals surface area contributed by atoms with Crippen LogP contribution in [-0.4, -0.2) is 18.6 Å². The van der Waals surface area contributed by atoms with Crippen LogP contribution in [0.2, 0.25) is 0 Å². The Balaban J connectivity index is 1.35. The molecule has 2 aliphatic heterocycles. The second-order valence-electron chi connectivity index (χ2n) is 6.67. The van der Waals surface area contributed by atoms with E-state index in [0.717, 1.165) is 23.4 Å². The van der Waals surface area contributed by atoms with E-state index in [-0.39, 0.29) is 35.6 Å². The molecule has 0 bridgehead atoms. The fraction of sp³-hybridized carbons (Fsp3) is 0.316. The fourth-order valence-electron chi connectivity index (χ4n) is 3.92. The van der Waals surface area contributed by atoms with Crippen LogP contribution in [0.15, 0.2) is 36.4 Å². The van der Waals surface area contributed by atoms with Gasteiger partial charge in [0.2, 0.25) is 5.91 Å². The summed E-state index contributed by atoms with van der Waals surface area (Å²) in [6, 6.07) is 9.48. The van der Waals surface area contributed by atoms with Crippen LogP contribution in [0.5, 0.6) is 11.5 Å². The standard InChI is InChI=1S/C19H15F2NO3/c20-11-7-10-13(5-6-24-15(10)8-12(11)21)22-19(23)17-16-9-3-1-2-4-14(9)25-18(16)17/h1-4,7-8,13,16-18H,5-6H2,(H,22,23). The van der Waals surface area contributed by atoms with E-state index >= 15 is 0 Å². The maximum Gasteiger partial charge on any atom is 0.228 e. The molecule has 4 unspecified atom stereocenters. The monoisotopic (exact) mass is 343 g/mol. The molecule has 4 nitrogen and oxygen atoms in total. The van der Waals surface area contributed by atoms with E-state index < -0.39 is 11.6 Å². The molecule has 0 saturated heterocycles. The minimum atomic E-state index is -0.951. The Labute approximate surface area is 142 Å². The second-order valence-corrected chi connectivity index (χ2v) is 6.67. The van der Waals surface area contributed by atoms with Gasteiger partial charge in [-0.05, 0) is 12.1 Å². The number of carbonyl (C=O) groups excluding carboxylic acids is 1. The van der Waals surface area contributed by atoms with Crippen LogP contribution >= 0.6 is 0 Å². The summed E-state index contributed by atoms with van der Waals surface area (Å²) >= 11 is 0. The lowest BCUT2D eigenvalue weighted by Gasteiger charge is -2.27. The van der Waals surface area contributed by atoms with Crippen molar-refractivity contribution in [1.82, 2.24) is 5.32 Å². The zero-order chi connectivity index (χ0) is 17.1. The average Bonchev–Trinajstić information content (AvgIpc) is 3.19. The number of benzene rings is 2. The van der Waals surface area contributed by atoms with Crippen molar-refractivity contribution in [2.45, 2.75) is 24.5 Å². The maximum absolute atomic E-state index is 13.6. The number of halogens is 2. The van der Waals surface area contributed by atoms with Gasteiger partial charge in [0.05, 0.1) is 18.6 Å². The molecule has 128 valence electrons. The Hall–Kier alpha value is -2.63. The van der Waals surface area contributed by atoms with Crippen molar-refractivity contribution >= 4 is 5.91 Å². The Kier molecular flexibility index (Phi) is 3.04. The van der Waals surface area contributed by atoms with Crippen LogP contribution in [-0.2, 0) is 4.79 Å². The lowest BCUT2D eigenvalue weighted by atomic mass is 9.99. The first-order chi connectivity index (χ1) is 12.1. The van der Waals surface area contributed by atoms with E-state index in [9.17, 15) is 13.6 Å². The van der Waals surface area contributed by atoms with E-state index in [1.165, 1.54) is 0 Å². The predicted molar refractivity (Wildman–Crippen MR) is 84.4 cm³/mol. The van der Waals surface area contributed by atoms with Crippen LogP contribution in [0.25, 0.3) is 0 Å². The van der Waals surface area contributed by atoms with Crippen LogP contribution < -0.4 is 14.8 Å². The Morgan fingerprint density at radius 2 is 1.88 bits per heavy atom. The molecule has 2 aromatic carbocycles. The summed E-state index contributed by atoms with van der Waals surface area (Å²) in [6.07, 6.45) is 0.394. The van der Waals surface area contributed by atoms with E-state index in [1.54, 1.807) is 0 Å². The molecule has 1 saturated carbocycles. The number of para-hydroxylation sites is 1. The Morgan fingerprint density at radius 3 is 2.76 bits per heavy atom. The van der Waals surface area contributed by atoms with Crippen molar-refractivity contribution in [2.24, 2.45) is 5.92 Å². The van der Waals surface area contributed by atoms with Gasteiger partial charge in [0.25, 0.3) is 0 Å². The molecule has 0 aromatic heterocycles. The molecule has 6 heteroatoms. The normalized spacial score (nSPS) is 28.1. The maximum atomic E-state index is 13.6. The molecule has 1 amide bonds. The molecule has 2 heterocycles. The minimum absolute atomic E-state index is 0.0838. The highest BCUT2D eigenvalue weighted by molar-refractivity contribution is 5.86. The topological polar surface area (TPSA) is 47.6 Å². The van der Waals surface area contributed by atoms with Gasteiger partial charge in [-0.2, -0.15) is 0 Å². The molecule has 4 atom stereocenters. The highest BCUT2D eigenvalue weighted by Crippen LogP contribution is 2.58. The van der Waals surface area contributed by atoms with Crippen molar-refractivity contribution in [1.29, 1.82) is 0 Å². The van der Waals surface area contributed by atoms with Crippen LogP contribution in [0.3, 0.4) is 0 Å². The predicted octanol–water partition coefficient (Wildman–Crippen LogP) is 3.08. The molecule has 5 rings (SSSR count). The zero-order valence-electron chi connectivity index (χ0n) is 13.2. The van der Waals surface area contributed by atoms with Gasteiger partial charge in [0.15, 0.2) is 11.6 Å². The van der Waals surface area contributed by atoms with Gasteiger partial charge in [-0.15, -0.1) is 0 Å². The highest BCUT2D eigenvalue weighted by atomic mass is 19.2. The number of rotatable bonds is 2. The van der Waals surface area contributed by atoms with E-state index in [0.29, 0.717) is 18.6 Å². The van der Waals surface area contributed by atoms with Gasteiger partial charge in [-0.25, -0.2) is 8.78 Å². The summed E-state index contributed by atoms with van der Waals surface area (Å²) in [5, 5.41) is 2.96. The first kappa shape index (κ1) is 14.7. The third-order valence-electron chi connectivity index (χ3n) is 5.21. The summed E-state index contributed by atoms with van der Waals surface area (Å²) in [5.41, 5.74) is 1.54. The minimum Gasteiger partial charge on any atom is -0.493 e. The van der Waals surface area contributed by atoms with Crippen molar-refractivity contribution in [3.8, 4) is 11.5 Å². The second kappa shape index (κ2) is 5.18. The van der Waals surface area contributed by atoms with Crippen molar-refractivity contribution in [3.05, 3.63) is 59.2 Å². The molecule has 1 aliphatic carbocycles. The smallest absolute Gasteiger partial charge is 0.228 e. The summed E-state index contributed by atoms with van der Waals surface area (Å²) in [4.78, 5) is 12.7. The van der Waals surface area contributed by atoms with Crippen LogP contribution in [0, 0.1) is 17.6 Å². The average molecular weight is 343 g/mol. The van der Waals surface area contributed by atoms with Gasteiger partial charge in [0, 0.05) is 29.5 Å². The van der Waals surface area contributed by atoms with Gasteiger partial charge >= 0.3 is 0 Å². The van der Waals surface area contributed by atoms with Crippen molar-refractivity contribution < 1.29 is 23.0 Å². The quantitative estimate of drug-likeness (QED) is 0.912. The number of carbonyl (C=O) groups is 1. The SMILES string of the molecule is O=C(NC1CCOc2cc(F)c(F)cc21)C1C2Oc3ccccc3C21. The first-order valence-electron chi connectivity index (χ1n) is 8.31. The largest absolute Gasteiger partial charge is 0.493 e. The molecular formula is C19H15F2NO3. The lowest BCUT2D eigenvalue weighted by molar-refractivity contribution is -0.124. The van der Waals surface area contributed by atoms with E-state index in [4.69, 9.17) is 9.47 Å². The molecule has 25 heavy (non-hydrogen) atoms. The first-order valence-corrected chi connectivity index (χ1v) is 8.31. The van der Waals surface area contributed by atoms with E-state index in [1.807, 2.05) is 24.3 Å². The number of ether oxygens (including phenoxy) is 2. The zero-order valence-corrected chi connectivity index (χ0v) is 13.2. The molecule has 2 aromatic rings. The third kappa shape index (κ3) is 2.20. The summed E-state index contributed by atoms with van der Waals surface area (Å²) < 4.78 is 38.1. The van der Waals surface area contributed by atoms with Gasteiger partial charge in [-0.3, -0.25) is 4.79 Å².